The van der Waals surface area contributed by atoms with Crippen LogP contribution in [0.4, 0.5) is 10.1 Å². The van der Waals surface area contributed by atoms with Crippen LogP contribution in [0.15, 0.2) is 60.7 Å². The largest absolute Gasteiger partial charge is 0.489 e. The smallest absolute Gasteiger partial charge is 0.255 e. The number of anilines is 1. The number of rotatable bonds is 7. The number of imide groups is 1. The van der Waals surface area contributed by atoms with Crippen molar-refractivity contribution in [2.24, 2.45) is 0 Å². The first-order chi connectivity index (χ1) is 20.4. The van der Waals surface area contributed by atoms with Crippen LogP contribution in [-0.2, 0) is 29.3 Å². The number of piperazine rings is 1. The maximum absolute atomic E-state index is 14.4. The van der Waals surface area contributed by atoms with E-state index in [0.717, 1.165) is 30.8 Å². The van der Waals surface area contributed by atoms with Crippen LogP contribution < -0.4 is 15.0 Å². The van der Waals surface area contributed by atoms with Gasteiger partial charge >= 0.3 is 0 Å². The molecule has 214 valence electrons. The normalized spacial score (nSPS) is 19.0. The summed E-state index contributed by atoms with van der Waals surface area (Å²) in [6, 6.07) is 19.5. The molecule has 3 aromatic carbocycles. The van der Waals surface area contributed by atoms with Crippen molar-refractivity contribution < 1.29 is 23.5 Å². The number of ether oxygens (including phenoxy) is 1. The fourth-order valence-corrected chi connectivity index (χ4v) is 5.83. The van der Waals surface area contributed by atoms with E-state index in [9.17, 15) is 18.8 Å². The van der Waals surface area contributed by atoms with Gasteiger partial charge < -0.3 is 14.5 Å². The Bertz CT molecular complexity index is 1580. The van der Waals surface area contributed by atoms with Crippen molar-refractivity contribution in [3.8, 4) is 11.8 Å². The Labute approximate surface area is 243 Å². The van der Waals surface area contributed by atoms with E-state index in [4.69, 9.17) is 10.00 Å². The molecule has 6 rings (SSSR count). The molecule has 3 aromatic rings. The quantitative estimate of drug-likeness (QED) is 0.437. The van der Waals surface area contributed by atoms with Crippen LogP contribution >= 0.6 is 0 Å². The highest BCUT2D eigenvalue weighted by atomic mass is 19.1. The second-order valence-corrected chi connectivity index (χ2v) is 10.8. The Kier molecular flexibility index (Phi) is 7.59. The highest BCUT2D eigenvalue weighted by molar-refractivity contribution is 6.05. The summed E-state index contributed by atoms with van der Waals surface area (Å²) >= 11 is 0. The number of piperidine rings is 1. The number of carbonyl (C=O) groups is 3. The Balaban J connectivity index is 1.02. The van der Waals surface area contributed by atoms with Gasteiger partial charge in [0.25, 0.3) is 5.91 Å². The first kappa shape index (κ1) is 27.4. The first-order valence-electron chi connectivity index (χ1n) is 14.0. The average molecular weight is 568 g/mol. The van der Waals surface area contributed by atoms with Crippen LogP contribution in [0.1, 0.15) is 45.5 Å². The lowest BCUT2D eigenvalue weighted by atomic mass is 10.0. The number of fused-ring (bicyclic) bond motifs is 1. The topological polar surface area (TPSA) is 106 Å². The Hall–Kier alpha value is -4.75. The molecule has 0 unspecified atom stereocenters. The fraction of sp³-hybridized carbons (Fsp3) is 0.312. The average Bonchev–Trinajstić information content (AvgIpc) is 3.33. The lowest BCUT2D eigenvalue weighted by Crippen LogP contribution is -2.52. The molecule has 1 N–H and O–H groups in total. The van der Waals surface area contributed by atoms with Crippen molar-refractivity contribution in [1.82, 2.24) is 15.1 Å². The summed E-state index contributed by atoms with van der Waals surface area (Å²) in [6.07, 6.45) is 0.531. The minimum atomic E-state index is -0.664. The molecule has 0 saturated carbocycles. The molecule has 0 radical (unpaired) electrons. The number of nitrogens with zero attached hydrogens (tertiary/aromatic N) is 4. The van der Waals surface area contributed by atoms with E-state index in [-0.39, 0.29) is 30.6 Å². The molecular formula is C32H30FN5O4. The molecule has 1 atom stereocenters. The van der Waals surface area contributed by atoms with Crippen LogP contribution in [-0.4, -0.2) is 59.7 Å². The third-order valence-corrected chi connectivity index (χ3v) is 8.15. The zero-order valence-electron chi connectivity index (χ0n) is 23.0. The minimum Gasteiger partial charge on any atom is -0.489 e. The summed E-state index contributed by atoms with van der Waals surface area (Å²) in [5.41, 5.74) is 4.29. The van der Waals surface area contributed by atoms with Gasteiger partial charge in [0.2, 0.25) is 11.8 Å². The van der Waals surface area contributed by atoms with E-state index < -0.39 is 11.9 Å². The third kappa shape index (κ3) is 5.56. The summed E-state index contributed by atoms with van der Waals surface area (Å²) < 4.78 is 20.6. The molecule has 3 aliphatic rings. The van der Waals surface area contributed by atoms with Gasteiger partial charge in [-0.1, -0.05) is 30.3 Å². The molecule has 2 fully saturated rings. The summed E-state index contributed by atoms with van der Waals surface area (Å²) in [7, 11) is 0. The van der Waals surface area contributed by atoms with E-state index in [1.807, 2.05) is 29.2 Å². The molecule has 0 spiro atoms. The van der Waals surface area contributed by atoms with Gasteiger partial charge in [-0.3, -0.25) is 24.6 Å². The predicted molar refractivity (Wildman–Crippen MR) is 152 cm³/mol. The minimum absolute atomic E-state index is 0.213. The number of nitrogens with one attached hydrogen (secondary N) is 1. The van der Waals surface area contributed by atoms with Gasteiger partial charge in [0.15, 0.2) is 0 Å². The van der Waals surface area contributed by atoms with Gasteiger partial charge in [-0.2, -0.15) is 5.26 Å². The predicted octanol–water partition coefficient (Wildman–Crippen LogP) is 3.36. The Morgan fingerprint density at radius 2 is 1.74 bits per heavy atom. The monoisotopic (exact) mass is 567 g/mol. The van der Waals surface area contributed by atoms with Gasteiger partial charge in [0.05, 0.1) is 23.9 Å². The van der Waals surface area contributed by atoms with E-state index in [2.05, 4.69) is 22.3 Å². The maximum Gasteiger partial charge on any atom is 0.255 e. The van der Waals surface area contributed by atoms with Crippen LogP contribution in [0.25, 0.3) is 0 Å². The number of amides is 3. The van der Waals surface area contributed by atoms with Gasteiger partial charge in [-0.25, -0.2) is 4.39 Å². The van der Waals surface area contributed by atoms with E-state index in [1.165, 1.54) is 16.5 Å². The van der Waals surface area contributed by atoms with Crippen molar-refractivity contribution in [3.05, 3.63) is 94.3 Å². The van der Waals surface area contributed by atoms with Crippen LogP contribution in [0.2, 0.25) is 0 Å². The number of hydrogen-bond acceptors (Lipinski definition) is 7. The van der Waals surface area contributed by atoms with Gasteiger partial charge in [0.1, 0.15) is 24.2 Å². The van der Waals surface area contributed by atoms with E-state index >= 15 is 0 Å². The lowest BCUT2D eigenvalue weighted by Gasteiger charge is -2.36. The van der Waals surface area contributed by atoms with Gasteiger partial charge in [-0.05, 0) is 47.9 Å². The zero-order valence-corrected chi connectivity index (χ0v) is 23.0. The molecule has 0 aliphatic carbocycles. The van der Waals surface area contributed by atoms with Crippen molar-refractivity contribution in [2.45, 2.75) is 38.6 Å². The summed E-state index contributed by atoms with van der Waals surface area (Å²) in [4.78, 5) is 42.8. The maximum atomic E-state index is 14.4. The van der Waals surface area contributed by atoms with Crippen LogP contribution in [0.5, 0.6) is 5.75 Å². The molecule has 42 heavy (non-hydrogen) atoms. The molecule has 3 aliphatic heterocycles. The molecule has 0 bridgehead atoms. The highest BCUT2D eigenvalue weighted by Gasteiger charge is 2.40. The number of halogens is 1. The third-order valence-electron chi connectivity index (χ3n) is 8.15. The SMILES string of the molecule is N#Cc1ccc(N2CCN(Cc3ccc(COc4cccc5c4CN([C@@H]4CCC(=O)NC4=O)C5=O)cc3)CC2)c(F)c1. The summed E-state index contributed by atoms with van der Waals surface area (Å²) in [6.45, 7) is 4.41. The molecular weight excluding hydrogens is 537 g/mol. The Morgan fingerprint density at radius 3 is 2.45 bits per heavy atom. The number of nitriles is 1. The molecule has 10 heteroatoms. The molecule has 0 aromatic heterocycles. The van der Waals surface area contributed by atoms with Gasteiger partial charge in [-0.15, -0.1) is 0 Å². The van der Waals surface area contributed by atoms with Crippen LogP contribution in [0.3, 0.4) is 0 Å². The van der Waals surface area contributed by atoms with Crippen molar-refractivity contribution in [3.63, 3.8) is 0 Å². The number of hydrogen-bond donors (Lipinski definition) is 1. The standard InChI is InChI=1S/C32H30FN5O4/c33-26-16-23(17-34)8-9-27(26)37-14-12-36(13-15-37)18-21-4-6-22(7-5-21)20-42-29-3-1-2-24-25(29)19-38(32(24)41)28-10-11-30(39)35-31(28)40/h1-9,16,28H,10-15,18-20H2,(H,35,39,40)/t28-/m1/s1. The van der Waals surface area contributed by atoms with Crippen molar-refractivity contribution >= 4 is 23.4 Å². The number of benzene rings is 3. The van der Waals surface area contributed by atoms with Crippen molar-refractivity contribution in [1.29, 1.82) is 5.26 Å². The molecule has 2 saturated heterocycles. The van der Waals surface area contributed by atoms with Crippen LogP contribution in [0, 0.1) is 17.1 Å². The van der Waals surface area contributed by atoms with Gasteiger partial charge in [0, 0.05) is 50.3 Å². The summed E-state index contributed by atoms with van der Waals surface area (Å²) in [5, 5.41) is 11.3. The molecule has 3 amide bonds. The highest BCUT2D eigenvalue weighted by Crippen LogP contribution is 2.34. The van der Waals surface area contributed by atoms with E-state index in [0.29, 0.717) is 48.7 Å². The zero-order chi connectivity index (χ0) is 29.2. The van der Waals surface area contributed by atoms with E-state index in [1.54, 1.807) is 24.3 Å². The summed E-state index contributed by atoms with van der Waals surface area (Å²) in [5.74, 6) is -0.723. The second-order valence-electron chi connectivity index (χ2n) is 10.8. The van der Waals surface area contributed by atoms with Crippen molar-refractivity contribution in [2.75, 3.05) is 31.1 Å². The lowest BCUT2D eigenvalue weighted by molar-refractivity contribution is -0.136. The first-order valence-corrected chi connectivity index (χ1v) is 14.0. The number of carbonyl (C=O) groups excluding carboxylic acids is 3. The Morgan fingerprint density at radius 1 is 0.976 bits per heavy atom. The fourth-order valence-electron chi connectivity index (χ4n) is 5.83. The second kappa shape index (κ2) is 11.6. The molecule has 9 nitrogen and oxygen atoms in total. The molecule has 3 heterocycles.